The van der Waals surface area contributed by atoms with E-state index in [2.05, 4.69) is 106 Å². The lowest BCUT2D eigenvalue weighted by Gasteiger charge is -2.38. The van der Waals surface area contributed by atoms with Crippen molar-refractivity contribution in [2.45, 2.75) is 112 Å². The fraction of sp³-hybridized carbons (Fsp3) is 0.561. The molecule has 1 heterocycles. The number of hydrogen-bond acceptors (Lipinski definition) is 4. The van der Waals surface area contributed by atoms with Gasteiger partial charge in [-0.25, -0.2) is 0 Å². The van der Waals surface area contributed by atoms with Gasteiger partial charge in [-0.05, 0) is 112 Å². The minimum Gasteiger partial charge on any atom is -0.392 e. The van der Waals surface area contributed by atoms with Crippen LogP contribution in [0, 0.1) is 19.8 Å². The molecule has 0 bridgehead atoms. The van der Waals surface area contributed by atoms with E-state index in [4.69, 9.17) is 4.74 Å². The van der Waals surface area contributed by atoms with Crippen molar-refractivity contribution < 1.29 is 4.74 Å². The third-order valence-electron chi connectivity index (χ3n) is 9.34. The first kappa shape index (κ1) is 36.5. The average molecular weight is 614 g/mol. The second-order valence-corrected chi connectivity index (χ2v) is 13.2. The number of hydrogen-bond donors (Lipinski definition) is 2. The Kier molecular flexibility index (Phi) is 15.8. The second-order valence-electron chi connectivity index (χ2n) is 13.2. The van der Waals surface area contributed by atoms with Crippen LogP contribution >= 0.6 is 0 Å². The van der Waals surface area contributed by atoms with Crippen molar-refractivity contribution in [1.29, 1.82) is 0 Å². The van der Waals surface area contributed by atoms with Gasteiger partial charge in [0.1, 0.15) is 0 Å². The molecule has 1 aliphatic heterocycles. The van der Waals surface area contributed by atoms with Gasteiger partial charge in [0.25, 0.3) is 0 Å². The lowest BCUT2D eigenvalue weighted by Crippen LogP contribution is -2.41. The molecule has 4 rings (SSSR count). The van der Waals surface area contributed by atoms with E-state index >= 15 is 0 Å². The normalized spacial score (nSPS) is 15.9. The number of nitrogens with one attached hydrogen (secondary N) is 2. The third kappa shape index (κ3) is 12.0. The van der Waals surface area contributed by atoms with Gasteiger partial charge in [0.15, 0.2) is 0 Å². The summed E-state index contributed by atoms with van der Waals surface area (Å²) in [6, 6.07) is 14.4. The van der Waals surface area contributed by atoms with Crippen molar-refractivity contribution in [2.24, 2.45) is 5.92 Å². The molecule has 0 spiro atoms. The van der Waals surface area contributed by atoms with Crippen molar-refractivity contribution in [3.63, 3.8) is 0 Å². The molecule has 1 saturated carbocycles. The maximum atomic E-state index is 5.75. The molecule has 0 radical (unpaired) electrons. The van der Waals surface area contributed by atoms with Gasteiger partial charge in [0, 0.05) is 56.5 Å². The van der Waals surface area contributed by atoms with Gasteiger partial charge in [-0.3, -0.25) is 0 Å². The first-order chi connectivity index (χ1) is 21.8. The fourth-order valence-corrected chi connectivity index (χ4v) is 6.10. The first-order valence-corrected chi connectivity index (χ1v) is 17.8. The molecule has 0 amide bonds. The Morgan fingerprint density at radius 3 is 2.18 bits per heavy atom. The maximum Gasteiger partial charge on any atom is 0.0485 e. The molecule has 1 saturated heterocycles. The number of allylic oxidation sites excluding steroid dienone is 4. The topological polar surface area (TPSA) is 36.5 Å². The average Bonchev–Trinajstić information content (AvgIpc) is 3.88. The quantitative estimate of drug-likeness (QED) is 0.146. The summed E-state index contributed by atoms with van der Waals surface area (Å²) in [5.41, 5.74) is 11.6. The summed E-state index contributed by atoms with van der Waals surface area (Å²) in [5.74, 6) is 0.836. The Morgan fingerprint density at radius 1 is 0.933 bits per heavy atom. The highest BCUT2D eigenvalue weighted by Crippen LogP contribution is 2.38. The van der Waals surface area contributed by atoms with E-state index in [0.717, 1.165) is 56.3 Å². The lowest BCUT2D eigenvalue weighted by atomic mass is 9.93. The summed E-state index contributed by atoms with van der Waals surface area (Å²) in [5, 5.41) is 6.86. The van der Waals surface area contributed by atoms with Gasteiger partial charge in [-0.2, -0.15) is 0 Å². The number of anilines is 1. The minimum atomic E-state index is 0.558. The highest BCUT2D eigenvalue weighted by molar-refractivity contribution is 5.73. The Balaban J connectivity index is 0.000000707. The summed E-state index contributed by atoms with van der Waals surface area (Å²) in [6.07, 6.45) is 17.0. The van der Waals surface area contributed by atoms with Crippen LogP contribution in [0.3, 0.4) is 0 Å². The molecule has 45 heavy (non-hydrogen) atoms. The van der Waals surface area contributed by atoms with Gasteiger partial charge in [-0.1, -0.05) is 88.4 Å². The molecule has 2 aromatic carbocycles. The van der Waals surface area contributed by atoms with Gasteiger partial charge in [0.05, 0.1) is 0 Å². The first-order valence-electron chi connectivity index (χ1n) is 17.8. The molecule has 0 unspecified atom stereocenters. The van der Waals surface area contributed by atoms with Gasteiger partial charge >= 0.3 is 0 Å². The summed E-state index contributed by atoms with van der Waals surface area (Å²) in [7, 11) is 1.95. The minimum absolute atomic E-state index is 0.558. The molecule has 2 fully saturated rings. The van der Waals surface area contributed by atoms with Crippen molar-refractivity contribution in [3.8, 4) is 11.1 Å². The molecule has 2 aromatic rings. The van der Waals surface area contributed by atoms with E-state index in [1.54, 1.807) is 0 Å². The number of rotatable bonds is 16. The SMILES string of the molecule is C=C/C(NCCc1cc(-c2ccc(C)cc2)cc(N(CC2CC2)C2CCOCC2)c1C)=C(C)\C=C(\C)NC.CCCCCCC. The fourth-order valence-electron chi connectivity index (χ4n) is 6.10. The van der Waals surface area contributed by atoms with Gasteiger partial charge in [0.2, 0.25) is 0 Å². The summed E-state index contributed by atoms with van der Waals surface area (Å²) >= 11 is 0. The van der Waals surface area contributed by atoms with Crippen LogP contribution < -0.4 is 15.5 Å². The Morgan fingerprint density at radius 2 is 1.60 bits per heavy atom. The van der Waals surface area contributed by atoms with Crippen LogP contribution in [0.5, 0.6) is 0 Å². The molecule has 0 aromatic heterocycles. The van der Waals surface area contributed by atoms with Crippen molar-refractivity contribution in [3.05, 3.63) is 88.8 Å². The summed E-state index contributed by atoms with van der Waals surface area (Å²) in [6.45, 7) is 21.0. The Labute approximate surface area is 276 Å². The van der Waals surface area contributed by atoms with Gasteiger partial charge in [-0.15, -0.1) is 0 Å². The van der Waals surface area contributed by atoms with E-state index in [-0.39, 0.29) is 0 Å². The van der Waals surface area contributed by atoms with Crippen LogP contribution in [0.15, 0.2) is 72.1 Å². The number of nitrogens with zero attached hydrogens (tertiary/aromatic N) is 1. The molecule has 0 atom stereocenters. The number of benzene rings is 2. The molecule has 2 aliphatic rings. The van der Waals surface area contributed by atoms with Crippen LogP contribution in [0.2, 0.25) is 0 Å². The monoisotopic (exact) mass is 613 g/mol. The van der Waals surface area contributed by atoms with E-state index in [9.17, 15) is 0 Å². The van der Waals surface area contributed by atoms with Gasteiger partial charge < -0.3 is 20.3 Å². The molecular weight excluding hydrogens is 550 g/mol. The van der Waals surface area contributed by atoms with Crippen molar-refractivity contribution in [2.75, 3.05) is 38.3 Å². The third-order valence-corrected chi connectivity index (χ3v) is 9.34. The molecule has 4 heteroatoms. The highest BCUT2D eigenvalue weighted by Gasteiger charge is 2.30. The van der Waals surface area contributed by atoms with E-state index in [1.807, 2.05) is 13.1 Å². The van der Waals surface area contributed by atoms with Crippen LogP contribution in [0.25, 0.3) is 11.1 Å². The summed E-state index contributed by atoms with van der Waals surface area (Å²) in [4.78, 5) is 2.74. The Hall–Kier alpha value is -2.98. The predicted molar refractivity (Wildman–Crippen MR) is 197 cm³/mol. The van der Waals surface area contributed by atoms with Crippen molar-refractivity contribution in [1.82, 2.24) is 10.6 Å². The maximum absolute atomic E-state index is 5.75. The molecule has 4 nitrogen and oxygen atoms in total. The zero-order chi connectivity index (χ0) is 32.6. The zero-order valence-electron chi connectivity index (χ0n) is 29.7. The number of ether oxygens (including phenoxy) is 1. The van der Waals surface area contributed by atoms with Crippen LogP contribution in [-0.2, 0) is 11.2 Å². The number of aryl methyl sites for hydroxylation is 1. The Bertz CT molecular complexity index is 1230. The number of unbranched alkanes of at least 4 members (excludes halogenated alkanes) is 4. The zero-order valence-corrected chi connectivity index (χ0v) is 29.7. The van der Waals surface area contributed by atoms with E-state index in [0.29, 0.717) is 6.04 Å². The van der Waals surface area contributed by atoms with Crippen LogP contribution in [-0.4, -0.2) is 39.4 Å². The smallest absolute Gasteiger partial charge is 0.0485 e. The largest absolute Gasteiger partial charge is 0.392 e. The lowest BCUT2D eigenvalue weighted by molar-refractivity contribution is 0.0842. The second kappa shape index (κ2) is 19.5. The van der Waals surface area contributed by atoms with Crippen molar-refractivity contribution >= 4 is 5.69 Å². The molecular formula is C41H63N3O. The molecule has 248 valence electrons. The van der Waals surface area contributed by atoms with Crippen LogP contribution in [0.4, 0.5) is 5.69 Å². The molecule has 2 N–H and O–H groups in total. The van der Waals surface area contributed by atoms with E-state index < -0.39 is 0 Å². The van der Waals surface area contributed by atoms with E-state index in [1.165, 1.54) is 90.6 Å². The summed E-state index contributed by atoms with van der Waals surface area (Å²) < 4.78 is 5.75. The molecule has 1 aliphatic carbocycles. The van der Waals surface area contributed by atoms with Crippen LogP contribution in [0.1, 0.15) is 102 Å². The predicted octanol–water partition coefficient (Wildman–Crippen LogP) is 10.1. The highest BCUT2D eigenvalue weighted by atomic mass is 16.5. The standard InChI is InChI=1S/C34H47N3O.C7H16/c1-7-33(25(3)20-26(4)35-6)36-17-14-30-21-31(29-12-8-24(2)9-13-29)22-34(27(30)5)37(23-28-10-11-28)32-15-18-38-19-16-32;1-3-5-7-6-4-2/h7-9,12-13,20-22,28,32,35-36H,1,10-11,14-19,23H2,2-6H3;3-7H2,1-2H3/b26-20-,33-25+;.